The van der Waals surface area contributed by atoms with Gasteiger partial charge in [0.15, 0.2) is 0 Å². The quantitative estimate of drug-likeness (QED) is 0.859. The number of aliphatic carboxylic acids is 1. The normalized spacial score (nSPS) is 12.6. The molecule has 0 heterocycles. The smallest absolute Gasteiger partial charge is 0.310 e. The lowest BCUT2D eigenvalue weighted by Gasteiger charge is -2.12. The van der Waals surface area contributed by atoms with Gasteiger partial charge < -0.3 is 10.2 Å². The van der Waals surface area contributed by atoms with Crippen LogP contribution in [-0.2, 0) is 4.79 Å². The summed E-state index contributed by atoms with van der Waals surface area (Å²) in [6.45, 7) is 1.55. The first-order valence-corrected chi connectivity index (χ1v) is 5.52. The molecule has 2 N–H and O–H groups in total. The van der Waals surface area contributed by atoms with Crippen molar-refractivity contribution in [3.63, 3.8) is 0 Å². The summed E-state index contributed by atoms with van der Waals surface area (Å²) in [5.41, 5.74) is 0.423. The van der Waals surface area contributed by atoms with E-state index in [1.807, 2.05) is 0 Å². The zero-order chi connectivity index (χ0) is 12.6. The molecule has 1 atom stereocenters. The van der Waals surface area contributed by atoms with Gasteiger partial charge in [0.2, 0.25) is 0 Å². The van der Waals surface area contributed by atoms with E-state index in [0.717, 1.165) is 5.39 Å². The molecule has 2 aromatic carbocycles. The van der Waals surface area contributed by atoms with E-state index in [1.54, 1.807) is 31.2 Å². The molecule has 2 rings (SSSR count). The lowest BCUT2D eigenvalue weighted by Crippen LogP contribution is -2.08. The average Bonchev–Trinajstić information content (AvgIpc) is 2.28. The highest BCUT2D eigenvalue weighted by Crippen LogP contribution is 2.34. The second kappa shape index (κ2) is 4.26. The van der Waals surface area contributed by atoms with Crippen LogP contribution >= 0.6 is 11.6 Å². The maximum atomic E-state index is 11.0. The molecule has 0 amide bonds. The third-order valence-corrected chi connectivity index (χ3v) is 3.04. The predicted octanol–water partition coefficient (Wildman–Crippen LogP) is 3.39. The van der Waals surface area contributed by atoms with E-state index in [-0.39, 0.29) is 5.75 Å². The molecule has 4 heteroatoms. The highest BCUT2D eigenvalue weighted by Gasteiger charge is 2.20. The fraction of sp³-hybridized carbons (Fsp3) is 0.154. The van der Waals surface area contributed by atoms with E-state index in [0.29, 0.717) is 16.0 Å². The Morgan fingerprint density at radius 3 is 2.65 bits per heavy atom. The van der Waals surface area contributed by atoms with Crippen molar-refractivity contribution >= 4 is 28.3 Å². The summed E-state index contributed by atoms with van der Waals surface area (Å²) in [7, 11) is 0. The van der Waals surface area contributed by atoms with Gasteiger partial charge in [-0.15, -0.1) is 0 Å². The van der Waals surface area contributed by atoms with Gasteiger partial charge in [-0.25, -0.2) is 0 Å². The van der Waals surface area contributed by atoms with Gasteiger partial charge in [0.25, 0.3) is 0 Å². The first kappa shape index (κ1) is 11.7. The number of phenolic OH excluding ortho intramolecular Hbond substituents is 1. The number of hydrogen-bond donors (Lipinski definition) is 2. The summed E-state index contributed by atoms with van der Waals surface area (Å²) in [5.74, 6) is -1.74. The topological polar surface area (TPSA) is 57.5 Å². The van der Waals surface area contributed by atoms with E-state index >= 15 is 0 Å². The number of carboxylic acid groups (broad SMARTS) is 1. The second-order valence-corrected chi connectivity index (χ2v) is 4.36. The van der Waals surface area contributed by atoms with Crippen LogP contribution in [0.5, 0.6) is 5.75 Å². The molecule has 0 spiro atoms. The number of aromatic hydroxyl groups is 1. The number of rotatable bonds is 2. The molecular weight excluding hydrogens is 240 g/mol. The van der Waals surface area contributed by atoms with Crippen LogP contribution in [0.3, 0.4) is 0 Å². The largest absolute Gasteiger partial charge is 0.508 e. The molecule has 2 aromatic rings. The number of hydrogen-bond acceptors (Lipinski definition) is 2. The molecule has 0 radical (unpaired) electrons. The standard InChI is InChI=1S/C13H11ClO3/c1-7(13(16)17)12-10-4-3-9(14)6-8(10)2-5-11(12)15/h2-7,15H,1H3,(H,16,17). The minimum absolute atomic E-state index is 0.00489. The Morgan fingerprint density at radius 1 is 1.29 bits per heavy atom. The van der Waals surface area contributed by atoms with Crippen molar-refractivity contribution in [3.05, 3.63) is 40.9 Å². The Morgan fingerprint density at radius 2 is 2.00 bits per heavy atom. The van der Waals surface area contributed by atoms with Gasteiger partial charge in [0, 0.05) is 10.6 Å². The third kappa shape index (κ3) is 2.06. The first-order valence-electron chi connectivity index (χ1n) is 5.14. The van der Waals surface area contributed by atoms with E-state index in [4.69, 9.17) is 16.7 Å². The van der Waals surface area contributed by atoms with Crippen LogP contribution in [0, 0.1) is 0 Å². The van der Waals surface area contributed by atoms with Crippen molar-refractivity contribution < 1.29 is 15.0 Å². The summed E-state index contributed by atoms with van der Waals surface area (Å²) in [6.07, 6.45) is 0. The number of carbonyl (C=O) groups is 1. The van der Waals surface area contributed by atoms with Gasteiger partial charge in [0.1, 0.15) is 5.75 Å². The minimum atomic E-state index is -0.970. The zero-order valence-corrected chi connectivity index (χ0v) is 9.90. The van der Waals surface area contributed by atoms with Crippen LogP contribution in [0.15, 0.2) is 30.3 Å². The number of phenols is 1. The highest BCUT2D eigenvalue weighted by molar-refractivity contribution is 6.31. The molecule has 0 saturated carbocycles. The van der Waals surface area contributed by atoms with Crippen molar-refractivity contribution in [1.29, 1.82) is 0 Å². The Bertz CT molecular complexity index is 592. The minimum Gasteiger partial charge on any atom is -0.508 e. The van der Waals surface area contributed by atoms with Crippen LogP contribution in [0.1, 0.15) is 18.4 Å². The number of halogens is 1. The van der Waals surface area contributed by atoms with Gasteiger partial charge >= 0.3 is 5.97 Å². The van der Waals surface area contributed by atoms with Crippen molar-refractivity contribution in [3.8, 4) is 5.75 Å². The third-order valence-electron chi connectivity index (χ3n) is 2.80. The fourth-order valence-corrected chi connectivity index (χ4v) is 2.07. The molecule has 0 saturated heterocycles. The Hall–Kier alpha value is -1.74. The van der Waals surface area contributed by atoms with Crippen LogP contribution in [0.2, 0.25) is 5.02 Å². The molecule has 17 heavy (non-hydrogen) atoms. The first-order chi connectivity index (χ1) is 8.00. The lowest BCUT2D eigenvalue weighted by atomic mass is 9.94. The van der Waals surface area contributed by atoms with Gasteiger partial charge in [0.05, 0.1) is 5.92 Å². The summed E-state index contributed by atoms with van der Waals surface area (Å²) in [4.78, 5) is 11.0. The summed E-state index contributed by atoms with van der Waals surface area (Å²) in [5, 5.41) is 20.9. The molecule has 0 aliphatic rings. The van der Waals surface area contributed by atoms with Crippen LogP contribution < -0.4 is 0 Å². The van der Waals surface area contributed by atoms with Gasteiger partial charge in [-0.1, -0.05) is 23.7 Å². The predicted molar refractivity (Wildman–Crippen MR) is 66.7 cm³/mol. The maximum Gasteiger partial charge on any atom is 0.310 e. The van der Waals surface area contributed by atoms with Crippen molar-refractivity contribution in [2.24, 2.45) is 0 Å². The van der Waals surface area contributed by atoms with E-state index in [2.05, 4.69) is 0 Å². The van der Waals surface area contributed by atoms with Crippen LogP contribution in [0.4, 0.5) is 0 Å². The zero-order valence-electron chi connectivity index (χ0n) is 9.14. The Kier molecular flexibility index (Phi) is 2.94. The monoisotopic (exact) mass is 250 g/mol. The van der Waals surface area contributed by atoms with Crippen molar-refractivity contribution in [2.45, 2.75) is 12.8 Å². The van der Waals surface area contributed by atoms with Gasteiger partial charge in [-0.05, 0) is 35.9 Å². The number of carboxylic acids is 1. The van der Waals surface area contributed by atoms with Crippen molar-refractivity contribution in [1.82, 2.24) is 0 Å². The molecule has 0 aliphatic carbocycles. The molecule has 88 valence electrons. The second-order valence-electron chi connectivity index (χ2n) is 3.92. The van der Waals surface area contributed by atoms with Crippen LogP contribution in [0.25, 0.3) is 10.8 Å². The number of benzene rings is 2. The van der Waals surface area contributed by atoms with E-state index < -0.39 is 11.9 Å². The Labute approximate surface area is 103 Å². The molecule has 3 nitrogen and oxygen atoms in total. The molecule has 1 unspecified atom stereocenters. The average molecular weight is 251 g/mol. The summed E-state index contributed by atoms with van der Waals surface area (Å²) < 4.78 is 0. The fourth-order valence-electron chi connectivity index (χ4n) is 1.89. The van der Waals surface area contributed by atoms with Gasteiger partial charge in [-0.3, -0.25) is 4.79 Å². The van der Waals surface area contributed by atoms with E-state index in [9.17, 15) is 9.90 Å². The molecule has 0 aliphatic heterocycles. The maximum absolute atomic E-state index is 11.0. The molecular formula is C13H11ClO3. The summed E-state index contributed by atoms with van der Waals surface area (Å²) >= 11 is 5.87. The molecule has 0 aromatic heterocycles. The molecule has 0 bridgehead atoms. The van der Waals surface area contributed by atoms with Crippen molar-refractivity contribution in [2.75, 3.05) is 0 Å². The lowest BCUT2D eigenvalue weighted by molar-refractivity contribution is -0.138. The van der Waals surface area contributed by atoms with E-state index in [1.165, 1.54) is 6.07 Å². The molecule has 0 fully saturated rings. The highest BCUT2D eigenvalue weighted by atomic mass is 35.5. The number of fused-ring (bicyclic) bond motifs is 1. The van der Waals surface area contributed by atoms with Gasteiger partial charge in [-0.2, -0.15) is 0 Å². The summed E-state index contributed by atoms with van der Waals surface area (Å²) in [6, 6.07) is 8.37. The SMILES string of the molecule is CC(C(=O)O)c1c(O)ccc2cc(Cl)ccc12. The Balaban J connectivity index is 2.76. The van der Waals surface area contributed by atoms with Crippen LogP contribution in [-0.4, -0.2) is 16.2 Å².